The molecule has 11 rings (SSSR count). The molecule has 9 aromatic carbocycles. The molecule has 0 saturated carbocycles. The molecule has 0 atom stereocenters. The van der Waals surface area contributed by atoms with E-state index >= 15 is 0 Å². The standard InChI is InChI=1S/C67H46N8/c1-39-25-41(3)62(42(4)26-39)49-19-23-60-56(31-49)57-32-50(63-43(5)27-40(2)28-44(63)6)20-24-61(57)75(60)64-58(54-21-17-45(35-68)29-52(54)37-70)33-51(34-59(64)55-22-18-46(36-69)30-53(55)38-71)67-73-65(47-13-9-7-10-14-47)72-66(74-67)48-15-11-8-12-16-48/h7-34H,1-6H3. The van der Waals surface area contributed by atoms with Crippen LogP contribution in [0.2, 0.25) is 0 Å². The van der Waals surface area contributed by atoms with Crippen LogP contribution in [0.3, 0.4) is 0 Å². The predicted molar refractivity (Wildman–Crippen MR) is 300 cm³/mol. The van der Waals surface area contributed by atoms with Gasteiger partial charge in [0.25, 0.3) is 0 Å². The highest BCUT2D eigenvalue weighted by molar-refractivity contribution is 6.13. The summed E-state index contributed by atoms with van der Waals surface area (Å²) in [6.07, 6.45) is 0. The second kappa shape index (κ2) is 19.1. The topological polar surface area (TPSA) is 139 Å². The fraction of sp³-hybridized carbons (Fsp3) is 0.0896. The Kier molecular flexibility index (Phi) is 12.0. The molecule has 0 bridgehead atoms. The van der Waals surface area contributed by atoms with Gasteiger partial charge in [-0.2, -0.15) is 21.0 Å². The van der Waals surface area contributed by atoms with Crippen molar-refractivity contribution in [1.82, 2.24) is 19.5 Å². The van der Waals surface area contributed by atoms with E-state index in [0.29, 0.717) is 62.1 Å². The number of benzene rings is 9. The van der Waals surface area contributed by atoms with Gasteiger partial charge in [0.05, 0.1) is 63.3 Å². The van der Waals surface area contributed by atoms with Gasteiger partial charge < -0.3 is 4.57 Å². The summed E-state index contributed by atoms with van der Waals surface area (Å²) in [5.41, 5.74) is 19.9. The third-order valence-electron chi connectivity index (χ3n) is 14.1. The van der Waals surface area contributed by atoms with Gasteiger partial charge in [0, 0.05) is 49.7 Å². The summed E-state index contributed by atoms with van der Waals surface area (Å²) in [5.74, 6) is 1.29. The minimum absolute atomic E-state index is 0.283. The van der Waals surface area contributed by atoms with Gasteiger partial charge in [-0.1, -0.05) is 120 Å². The molecule has 0 fully saturated rings. The minimum Gasteiger partial charge on any atom is -0.308 e. The average molecular weight is 963 g/mol. The van der Waals surface area contributed by atoms with E-state index in [0.717, 1.165) is 44.1 Å². The molecule has 0 spiro atoms. The molecule has 0 amide bonds. The molecule has 0 aliphatic carbocycles. The monoisotopic (exact) mass is 962 g/mol. The van der Waals surface area contributed by atoms with Gasteiger partial charge in [-0.25, -0.2) is 15.0 Å². The SMILES string of the molecule is Cc1cc(C)c(-c2ccc3c(c2)c2cc(-c4c(C)cc(C)cc4C)ccc2n3-c2c(-c3ccc(C#N)cc3C#N)cc(-c3nc(-c4ccccc4)nc(-c4ccccc4)n3)cc2-c2ccc(C#N)cc2C#N)c(C)c1. The molecule has 0 saturated heterocycles. The van der Waals surface area contributed by atoms with Crippen LogP contribution in [0.5, 0.6) is 0 Å². The molecule has 8 nitrogen and oxygen atoms in total. The quantitative estimate of drug-likeness (QED) is 0.148. The Morgan fingerprint density at radius 3 is 1.11 bits per heavy atom. The highest BCUT2D eigenvalue weighted by atomic mass is 15.0. The molecule has 0 radical (unpaired) electrons. The van der Waals surface area contributed by atoms with Crippen LogP contribution in [-0.2, 0) is 0 Å². The Morgan fingerprint density at radius 2 is 0.733 bits per heavy atom. The maximum absolute atomic E-state index is 11.0. The molecule has 75 heavy (non-hydrogen) atoms. The van der Waals surface area contributed by atoms with E-state index in [9.17, 15) is 21.0 Å². The Labute approximate surface area is 436 Å². The van der Waals surface area contributed by atoms with Crippen molar-refractivity contribution in [1.29, 1.82) is 21.0 Å². The molecule has 2 heterocycles. The van der Waals surface area contributed by atoms with Gasteiger partial charge in [-0.15, -0.1) is 0 Å². The average Bonchev–Trinajstić information content (AvgIpc) is 3.75. The van der Waals surface area contributed by atoms with Gasteiger partial charge in [-0.05, 0) is 147 Å². The van der Waals surface area contributed by atoms with Gasteiger partial charge >= 0.3 is 0 Å². The van der Waals surface area contributed by atoms with E-state index in [4.69, 9.17) is 15.0 Å². The summed E-state index contributed by atoms with van der Waals surface area (Å²) < 4.78 is 2.24. The van der Waals surface area contributed by atoms with Crippen LogP contribution in [0, 0.1) is 86.9 Å². The third-order valence-corrected chi connectivity index (χ3v) is 14.1. The van der Waals surface area contributed by atoms with Crippen molar-refractivity contribution in [2.75, 3.05) is 0 Å². The van der Waals surface area contributed by atoms with E-state index in [1.807, 2.05) is 84.9 Å². The van der Waals surface area contributed by atoms with Crippen LogP contribution in [0.25, 0.3) is 106 Å². The smallest absolute Gasteiger partial charge is 0.164 e. The fourth-order valence-corrected chi connectivity index (χ4v) is 11.1. The zero-order valence-electron chi connectivity index (χ0n) is 42.2. The molecule has 0 unspecified atom stereocenters. The molecule has 2 aromatic heterocycles. The van der Waals surface area contributed by atoms with Gasteiger partial charge in [0.15, 0.2) is 17.5 Å². The lowest BCUT2D eigenvalue weighted by atomic mass is 9.88. The van der Waals surface area contributed by atoms with Crippen molar-refractivity contribution in [3.8, 4) is 109 Å². The van der Waals surface area contributed by atoms with Crippen molar-refractivity contribution >= 4 is 21.8 Å². The Bertz CT molecular complexity index is 4030. The van der Waals surface area contributed by atoms with E-state index in [-0.39, 0.29) is 11.1 Å². The first-order chi connectivity index (χ1) is 36.4. The zero-order valence-corrected chi connectivity index (χ0v) is 42.2. The van der Waals surface area contributed by atoms with Crippen LogP contribution in [-0.4, -0.2) is 19.5 Å². The van der Waals surface area contributed by atoms with E-state index in [1.165, 1.54) is 44.5 Å². The fourth-order valence-electron chi connectivity index (χ4n) is 11.1. The maximum Gasteiger partial charge on any atom is 0.164 e. The van der Waals surface area contributed by atoms with E-state index in [1.54, 1.807) is 24.3 Å². The van der Waals surface area contributed by atoms with E-state index < -0.39 is 0 Å². The Balaban J connectivity index is 1.32. The molecule has 11 aromatic rings. The summed E-state index contributed by atoms with van der Waals surface area (Å²) >= 11 is 0. The number of hydrogen-bond acceptors (Lipinski definition) is 7. The Hall–Kier alpha value is -10.3. The second-order valence-electron chi connectivity index (χ2n) is 19.3. The first-order valence-corrected chi connectivity index (χ1v) is 24.6. The van der Waals surface area contributed by atoms with Crippen LogP contribution < -0.4 is 0 Å². The first-order valence-electron chi connectivity index (χ1n) is 24.6. The van der Waals surface area contributed by atoms with Gasteiger partial charge in [-0.3, -0.25) is 0 Å². The van der Waals surface area contributed by atoms with Crippen molar-refractivity contribution in [3.63, 3.8) is 0 Å². The highest BCUT2D eigenvalue weighted by Crippen LogP contribution is 2.47. The molecular weight excluding hydrogens is 917 g/mol. The van der Waals surface area contributed by atoms with Crippen molar-refractivity contribution in [2.24, 2.45) is 0 Å². The van der Waals surface area contributed by atoms with Crippen molar-refractivity contribution < 1.29 is 0 Å². The van der Waals surface area contributed by atoms with Crippen LogP contribution in [0.4, 0.5) is 0 Å². The molecule has 0 aliphatic heterocycles. The predicted octanol–water partition coefficient (Wildman–Crippen LogP) is 16.0. The summed E-state index contributed by atoms with van der Waals surface area (Å²) in [5, 5.41) is 44.4. The number of aryl methyl sites for hydroxylation is 6. The third kappa shape index (κ3) is 8.44. The molecular formula is C67H46N8. The molecule has 0 aliphatic rings. The highest BCUT2D eigenvalue weighted by Gasteiger charge is 2.27. The summed E-state index contributed by atoms with van der Waals surface area (Å²) in [6.45, 7) is 12.9. The summed E-state index contributed by atoms with van der Waals surface area (Å²) in [6, 6.07) is 65.3. The van der Waals surface area contributed by atoms with Gasteiger partial charge in [0.1, 0.15) is 0 Å². The van der Waals surface area contributed by atoms with Crippen molar-refractivity contribution in [2.45, 2.75) is 41.5 Å². The molecule has 8 heteroatoms. The number of hydrogen-bond donors (Lipinski definition) is 0. The zero-order chi connectivity index (χ0) is 52.1. The second-order valence-corrected chi connectivity index (χ2v) is 19.3. The minimum atomic E-state index is 0.283. The maximum atomic E-state index is 11.0. The van der Waals surface area contributed by atoms with Crippen LogP contribution in [0.1, 0.15) is 55.6 Å². The lowest BCUT2D eigenvalue weighted by Gasteiger charge is -2.22. The van der Waals surface area contributed by atoms with E-state index in [2.05, 4.69) is 131 Å². The number of aromatic nitrogens is 4. The lowest BCUT2D eigenvalue weighted by Crippen LogP contribution is -2.05. The van der Waals surface area contributed by atoms with Gasteiger partial charge in [0.2, 0.25) is 0 Å². The number of fused-ring (bicyclic) bond motifs is 3. The number of nitriles is 4. The van der Waals surface area contributed by atoms with Crippen LogP contribution in [0.15, 0.2) is 170 Å². The molecule has 0 N–H and O–H groups in total. The summed E-state index contributed by atoms with van der Waals surface area (Å²) in [7, 11) is 0. The number of rotatable bonds is 8. The van der Waals surface area contributed by atoms with Crippen molar-refractivity contribution in [3.05, 3.63) is 225 Å². The lowest BCUT2D eigenvalue weighted by molar-refractivity contribution is 1.07. The number of nitrogens with zero attached hydrogens (tertiary/aromatic N) is 8. The normalized spacial score (nSPS) is 11.0. The first kappa shape index (κ1) is 47.1. The largest absolute Gasteiger partial charge is 0.308 e. The Morgan fingerprint density at radius 1 is 0.347 bits per heavy atom. The summed E-state index contributed by atoms with van der Waals surface area (Å²) in [4.78, 5) is 15.3. The van der Waals surface area contributed by atoms with Crippen LogP contribution >= 0.6 is 0 Å². The molecule has 354 valence electrons.